The summed E-state index contributed by atoms with van der Waals surface area (Å²) >= 11 is 2.10. The van der Waals surface area contributed by atoms with Crippen molar-refractivity contribution in [2.24, 2.45) is 0 Å². The summed E-state index contributed by atoms with van der Waals surface area (Å²) in [6.45, 7) is 12.4. The highest BCUT2D eigenvalue weighted by atomic mass is 127. The van der Waals surface area contributed by atoms with Gasteiger partial charge in [-0.25, -0.2) is 0 Å². The highest BCUT2D eigenvalue weighted by molar-refractivity contribution is 14.1. The number of hydrogen-bond acceptors (Lipinski definition) is 9. The molecule has 0 spiro atoms. The summed E-state index contributed by atoms with van der Waals surface area (Å²) in [7, 11) is 0. The van der Waals surface area contributed by atoms with Crippen molar-refractivity contribution in [1.82, 2.24) is 15.0 Å². The van der Waals surface area contributed by atoms with Crippen LogP contribution < -0.4 is 9.80 Å². The lowest BCUT2D eigenvalue weighted by Crippen LogP contribution is -2.34. The molecule has 1 heterocycles. The van der Waals surface area contributed by atoms with E-state index in [0.717, 1.165) is 25.7 Å². The van der Waals surface area contributed by atoms with Gasteiger partial charge < -0.3 is 18.9 Å². The second-order valence-electron chi connectivity index (χ2n) is 6.43. The van der Waals surface area contributed by atoms with E-state index in [4.69, 9.17) is 18.9 Å². The van der Waals surface area contributed by atoms with Crippen LogP contribution in [-0.2, 0) is 18.9 Å². The third kappa shape index (κ3) is 11.2. The summed E-state index contributed by atoms with van der Waals surface area (Å²) < 4.78 is 23.4. The molecule has 0 atom stereocenters. The highest BCUT2D eigenvalue weighted by Crippen LogP contribution is 2.16. The van der Waals surface area contributed by atoms with E-state index in [0.29, 0.717) is 69.1 Å². The molecule has 1 rings (SSSR count). The highest BCUT2D eigenvalue weighted by Gasteiger charge is 2.17. The Morgan fingerprint density at radius 1 is 0.586 bits per heavy atom. The molecule has 0 aliphatic rings. The van der Waals surface area contributed by atoms with E-state index in [1.807, 2.05) is 9.80 Å². The quantitative estimate of drug-likeness (QED) is 0.162. The molecule has 0 bridgehead atoms. The summed E-state index contributed by atoms with van der Waals surface area (Å²) in [5.41, 5.74) is 0. The maximum Gasteiger partial charge on any atom is 0.234 e. The van der Waals surface area contributed by atoms with Gasteiger partial charge in [0, 0.05) is 49.0 Å². The summed E-state index contributed by atoms with van der Waals surface area (Å²) in [6, 6.07) is 0. The topological polar surface area (TPSA) is 82.1 Å². The predicted molar refractivity (Wildman–Crippen MR) is 122 cm³/mol. The van der Waals surface area contributed by atoms with Gasteiger partial charge in [-0.3, -0.25) is 9.80 Å². The van der Waals surface area contributed by atoms with Crippen LogP contribution in [0.1, 0.15) is 53.4 Å². The van der Waals surface area contributed by atoms with Crippen molar-refractivity contribution in [3.8, 4) is 0 Å². The first-order chi connectivity index (χ1) is 14.2. The minimum absolute atomic E-state index is 0.357. The maximum atomic E-state index is 5.71. The van der Waals surface area contributed by atoms with Crippen LogP contribution in [-0.4, -0.2) is 68.3 Å². The van der Waals surface area contributed by atoms with Gasteiger partial charge in [0.15, 0.2) is 3.83 Å². The van der Waals surface area contributed by atoms with Crippen LogP contribution in [0.3, 0.4) is 0 Å². The zero-order valence-electron chi connectivity index (χ0n) is 18.2. The van der Waals surface area contributed by atoms with Crippen LogP contribution in [0.2, 0.25) is 0 Å². The average molecular weight is 525 g/mol. The minimum atomic E-state index is 0.357. The molecule has 0 N–H and O–H groups in total. The molecule has 9 nitrogen and oxygen atoms in total. The molecule has 10 heteroatoms. The van der Waals surface area contributed by atoms with E-state index in [9.17, 15) is 0 Å². The Morgan fingerprint density at radius 3 is 1.17 bits per heavy atom. The van der Waals surface area contributed by atoms with Gasteiger partial charge in [0.2, 0.25) is 11.9 Å². The van der Waals surface area contributed by atoms with Gasteiger partial charge in [-0.05, 0) is 25.7 Å². The van der Waals surface area contributed by atoms with Gasteiger partial charge in [0.1, 0.15) is 26.9 Å². The molecule has 0 fully saturated rings. The Hall–Kier alpha value is -0.820. The van der Waals surface area contributed by atoms with Gasteiger partial charge >= 0.3 is 0 Å². The van der Waals surface area contributed by atoms with Crippen LogP contribution in [0.5, 0.6) is 0 Å². The predicted octanol–water partition coefficient (Wildman–Crippen LogP) is 3.63. The third-order valence-corrected chi connectivity index (χ3v) is 4.01. The summed E-state index contributed by atoms with van der Waals surface area (Å²) in [5.74, 6) is 1.03. The molecule has 0 saturated carbocycles. The SMILES string of the molecule is CCCOCN(COCCC)c1nc(I)nc(N(COCCC)COCCC)n1. The largest absolute Gasteiger partial charge is 0.361 e. The fourth-order valence-corrected chi connectivity index (χ4v) is 2.63. The van der Waals surface area contributed by atoms with Crippen molar-refractivity contribution < 1.29 is 18.9 Å². The lowest BCUT2D eigenvalue weighted by molar-refractivity contribution is 0.0821. The molecular weight excluding hydrogens is 489 g/mol. The van der Waals surface area contributed by atoms with Crippen molar-refractivity contribution in [1.29, 1.82) is 0 Å². The summed E-state index contributed by atoms with van der Waals surface area (Å²) in [6.07, 6.45) is 3.78. The van der Waals surface area contributed by atoms with Crippen LogP contribution in [0, 0.1) is 3.83 Å². The van der Waals surface area contributed by atoms with E-state index in [-0.39, 0.29) is 0 Å². The second kappa shape index (κ2) is 16.9. The molecular formula is C19H36IN5O4. The average Bonchev–Trinajstić information content (AvgIpc) is 2.71. The smallest absolute Gasteiger partial charge is 0.234 e. The van der Waals surface area contributed by atoms with E-state index >= 15 is 0 Å². The number of hydrogen-bond donors (Lipinski definition) is 0. The first kappa shape index (κ1) is 26.2. The number of anilines is 2. The van der Waals surface area contributed by atoms with Crippen LogP contribution in [0.4, 0.5) is 11.9 Å². The minimum Gasteiger partial charge on any atom is -0.361 e. The molecule has 1 aromatic heterocycles. The molecule has 0 saturated heterocycles. The Bertz CT molecular complexity index is 479. The first-order valence-electron chi connectivity index (χ1n) is 10.4. The number of halogens is 1. The van der Waals surface area contributed by atoms with Crippen molar-refractivity contribution in [3.05, 3.63) is 3.83 Å². The second-order valence-corrected chi connectivity index (χ2v) is 7.40. The Balaban J connectivity index is 2.98. The van der Waals surface area contributed by atoms with Crippen LogP contribution in [0.15, 0.2) is 0 Å². The standard InChI is InChI=1S/C19H36IN5O4/c1-5-9-26-13-24(14-27-10-6-2)18-21-17(20)22-19(23-18)25(15-28-11-7-3)16-29-12-8-4/h5-16H2,1-4H3. The van der Waals surface area contributed by atoms with Crippen LogP contribution >= 0.6 is 22.6 Å². The molecule has 0 radical (unpaired) electrons. The van der Waals surface area contributed by atoms with Gasteiger partial charge in [-0.1, -0.05) is 27.7 Å². The molecule has 0 unspecified atom stereocenters. The van der Waals surface area contributed by atoms with Gasteiger partial charge in [-0.2, -0.15) is 15.0 Å². The van der Waals surface area contributed by atoms with Gasteiger partial charge in [-0.15, -0.1) is 0 Å². The molecule has 29 heavy (non-hydrogen) atoms. The Kier molecular flexibility index (Phi) is 15.3. The van der Waals surface area contributed by atoms with E-state index in [1.165, 1.54) is 0 Å². The maximum absolute atomic E-state index is 5.71. The van der Waals surface area contributed by atoms with Crippen molar-refractivity contribution in [3.63, 3.8) is 0 Å². The van der Waals surface area contributed by atoms with Crippen molar-refractivity contribution in [2.75, 3.05) is 63.2 Å². The number of ether oxygens (including phenoxy) is 4. The lowest BCUT2D eigenvalue weighted by atomic mass is 10.5. The van der Waals surface area contributed by atoms with Crippen molar-refractivity contribution >= 4 is 34.5 Å². The third-order valence-electron chi connectivity index (χ3n) is 3.53. The first-order valence-corrected chi connectivity index (χ1v) is 11.5. The summed E-state index contributed by atoms with van der Waals surface area (Å²) in [4.78, 5) is 17.4. The van der Waals surface area contributed by atoms with E-state index in [1.54, 1.807) is 0 Å². The molecule has 0 aromatic carbocycles. The number of rotatable bonds is 18. The molecule has 1 aromatic rings. The number of nitrogens with zero attached hydrogens (tertiary/aromatic N) is 5. The lowest BCUT2D eigenvalue weighted by Gasteiger charge is -2.25. The monoisotopic (exact) mass is 525 g/mol. The van der Waals surface area contributed by atoms with Crippen LogP contribution in [0.25, 0.3) is 0 Å². The normalized spacial score (nSPS) is 11.1. The van der Waals surface area contributed by atoms with E-state index in [2.05, 4.69) is 65.2 Å². The molecule has 0 amide bonds. The van der Waals surface area contributed by atoms with E-state index < -0.39 is 0 Å². The van der Waals surface area contributed by atoms with Gasteiger partial charge in [0.05, 0.1) is 0 Å². The fourth-order valence-electron chi connectivity index (χ4n) is 2.19. The van der Waals surface area contributed by atoms with Gasteiger partial charge in [0.25, 0.3) is 0 Å². The number of aromatic nitrogens is 3. The zero-order chi connectivity index (χ0) is 21.3. The molecule has 168 valence electrons. The Labute approximate surface area is 188 Å². The molecule has 0 aliphatic heterocycles. The zero-order valence-corrected chi connectivity index (χ0v) is 20.4. The van der Waals surface area contributed by atoms with Crippen molar-refractivity contribution in [2.45, 2.75) is 53.4 Å². The Morgan fingerprint density at radius 2 is 0.897 bits per heavy atom. The molecule has 0 aliphatic carbocycles. The fraction of sp³-hybridized carbons (Fsp3) is 0.842. The summed E-state index contributed by atoms with van der Waals surface area (Å²) in [5, 5.41) is 0.